The number of carbonyl (C=O) groups is 2. The number of nitro benzene ring substituents is 1. The Bertz CT molecular complexity index is 1140. The molecule has 0 aliphatic heterocycles. The second-order valence-corrected chi connectivity index (χ2v) is 8.50. The van der Waals surface area contributed by atoms with Gasteiger partial charge in [-0.1, -0.05) is 25.4 Å². The van der Waals surface area contributed by atoms with Crippen LogP contribution in [0.25, 0.3) is 10.2 Å². The Morgan fingerprint density at radius 2 is 2.10 bits per heavy atom. The number of aryl methyl sites for hydroxylation is 1. The molecule has 0 radical (unpaired) electrons. The van der Waals surface area contributed by atoms with Crippen LogP contribution in [0, 0.1) is 23.0 Å². The maximum absolute atomic E-state index is 12.4. The molecule has 0 aliphatic rings. The third kappa shape index (κ3) is 4.77. The molecule has 0 spiro atoms. The first kappa shape index (κ1) is 21.7. The highest BCUT2D eigenvalue weighted by molar-refractivity contribution is 7.20. The van der Waals surface area contributed by atoms with Crippen molar-refractivity contribution < 1.29 is 19.2 Å². The molecule has 0 atom stereocenters. The number of fused-ring (bicyclic) bond motifs is 1. The van der Waals surface area contributed by atoms with Gasteiger partial charge in [-0.15, -0.1) is 11.3 Å². The van der Waals surface area contributed by atoms with Crippen molar-refractivity contribution in [2.24, 2.45) is 5.92 Å². The molecule has 3 rings (SSSR count). The second-order valence-electron chi connectivity index (χ2n) is 7.03. The summed E-state index contributed by atoms with van der Waals surface area (Å²) < 4.78 is 6.94. The molecule has 1 aromatic carbocycles. The Morgan fingerprint density at radius 1 is 1.37 bits per heavy atom. The molecule has 0 bridgehead atoms. The normalized spacial score (nSPS) is 11.1. The number of benzene rings is 1. The second kappa shape index (κ2) is 8.80. The van der Waals surface area contributed by atoms with Gasteiger partial charge in [0.25, 0.3) is 11.6 Å². The molecule has 0 fully saturated rings. The summed E-state index contributed by atoms with van der Waals surface area (Å²) in [6, 6.07) is 5.49. The van der Waals surface area contributed by atoms with Crippen LogP contribution >= 0.6 is 22.9 Å². The Hall–Kier alpha value is -2.98. The molecule has 0 saturated heterocycles. The number of nitrogens with zero attached hydrogens (tertiary/aromatic N) is 3. The average Bonchev–Trinajstić information content (AvgIpc) is 3.21. The number of nitrogens with one attached hydrogen (secondary N) is 1. The van der Waals surface area contributed by atoms with Crippen LogP contribution in [0.5, 0.6) is 0 Å². The van der Waals surface area contributed by atoms with E-state index >= 15 is 0 Å². The van der Waals surface area contributed by atoms with Gasteiger partial charge in [0, 0.05) is 23.0 Å². The number of esters is 1. The summed E-state index contributed by atoms with van der Waals surface area (Å²) in [4.78, 5) is 36.2. The first-order valence-electron chi connectivity index (χ1n) is 9.03. The fourth-order valence-corrected chi connectivity index (χ4v) is 4.08. The molecule has 30 heavy (non-hydrogen) atoms. The first-order chi connectivity index (χ1) is 14.2. The van der Waals surface area contributed by atoms with Crippen LogP contribution in [0.1, 0.15) is 29.2 Å². The molecular formula is C19H19ClN4O5S. The Morgan fingerprint density at radius 3 is 2.77 bits per heavy atom. The fraction of sp³-hybridized carbons (Fsp3) is 0.316. The van der Waals surface area contributed by atoms with E-state index in [1.165, 1.54) is 29.5 Å². The van der Waals surface area contributed by atoms with Crippen molar-refractivity contribution in [3.8, 4) is 0 Å². The Balaban J connectivity index is 1.68. The van der Waals surface area contributed by atoms with Crippen LogP contribution in [0.15, 0.2) is 24.3 Å². The summed E-state index contributed by atoms with van der Waals surface area (Å²) in [5.41, 5.74) is 0.431. The number of ether oxygens (including phenoxy) is 1. The maximum atomic E-state index is 12.4. The van der Waals surface area contributed by atoms with E-state index in [2.05, 4.69) is 24.3 Å². The highest BCUT2D eigenvalue weighted by Crippen LogP contribution is 2.30. The van der Waals surface area contributed by atoms with Crippen LogP contribution in [0.4, 0.5) is 11.4 Å². The monoisotopic (exact) mass is 450 g/mol. The smallest absolute Gasteiger partial charge is 0.348 e. The number of halogens is 1. The third-order valence-electron chi connectivity index (χ3n) is 4.11. The number of thiophene rings is 1. The van der Waals surface area contributed by atoms with Gasteiger partial charge in [0.15, 0.2) is 6.61 Å². The fourth-order valence-electron chi connectivity index (χ4n) is 2.84. The minimum Gasteiger partial charge on any atom is -0.451 e. The molecule has 0 unspecified atom stereocenters. The summed E-state index contributed by atoms with van der Waals surface area (Å²) in [6.45, 7) is 6.16. The van der Waals surface area contributed by atoms with E-state index in [-0.39, 0.29) is 16.4 Å². The molecule has 0 saturated carbocycles. The summed E-state index contributed by atoms with van der Waals surface area (Å²) in [5.74, 6) is -0.969. The highest BCUT2D eigenvalue weighted by atomic mass is 35.5. The van der Waals surface area contributed by atoms with E-state index in [1.807, 2.05) is 11.6 Å². The first-order valence-corrected chi connectivity index (χ1v) is 10.2. The van der Waals surface area contributed by atoms with Crippen molar-refractivity contribution in [3.63, 3.8) is 0 Å². The van der Waals surface area contributed by atoms with Crippen LogP contribution < -0.4 is 5.32 Å². The van der Waals surface area contributed by atoms with Crippen LogP contribution in [0.2, 0.25) is 5.02 Å². The average molecular weight is 451 g/mol. The zero-order valence-electron chi connectivity index (χ0n) is 16.5. The SMILES string of the molecule is Cc1nn(CC(C)C)c2sc(C(=O)OCC(=O)Nc3cc(Cl)ccc3[N+](=O)[O-])cc12. The van der Waals surface area contributed by atoms with Crippen LogP contribution in [0.3, 0.4) is 0 Å². The van der Waals surface area contributed by atoms with E-state index in [1.54, 1.807) is 6.07 Å². The zero-order chi connectivity index (χ0) is 22.0. The summed E-state index contributed by atoms with van der Waals surface area (Å²) >= 11 is 7.08. The predicted octanol–water partition coefficient (Wildman–Crippen LogP) is 4.42. The highest BCUT2D eigenvalue weighted by Gasteiger charge is 2.20. The lowest BCUT2D eigenvalue weighted by Crippen LogP contribution is -2.21. The van der Waals surface area contributed by atoms with Gasteiger partial charge in [-0.3, -0.25) is 19.6 Å². The van der Waals surface area contributed by atoms with Crippen molar-refractivity contribution in [3.05, 3.63) is 50.0 Å². The standard InChI is InChI=1S/C19H19ClN4O5S/c1-10(2)8-23-18-13(11(3)22-23)7-16(30-18)19(26)29-9-17(25)21-14-6-12(20)4-5-15(14)24(27)28/h4-7,10H,8-9H2,1-3H3,(H,21,25). The summed E-state index contributed by atoms with van der Waals surface area (Å²) in [7, 11) is 0. The van der Waals surface area contributed by atoms with Crippen LogP contribution in [-0.4, -0.2) is 33.2 Å². The van der Waals surface area contributed by atoms with Gasteiger partial charge in [0.2, 0.25) is 0 Å². The third-order valence-corrected chi connectivity index (χ3v) is 5.47. The number of rotatable bonds is 7. The molecule has 11 heteroatoms. The largest absolute Gasteiger partial charge is 0.451 e. The van der Waals surface area contributed by atoms with Gasteiger partial charge in [0.1, 0.15) is 15.4 Å². The predicted molar refractivity (Wildman–Crippen MR) is 114 cm³/mol. The van der Waals surface area contributed by atoms with Crippen LogP contribution in [-0.2, 0) is 16.1 Å². The molecule has 1 N–H and O–H groups in total. The van der Waals surface area contributed by atoms with E-state index in [4.69, 9.17) is 16.3 Å². The number of nitro groups is 1. The lowest BCUT2D eigenvalue weighted by atomic mass is 10.2. The van der Waals surface area contributed by atoms with E-state index < -0.39 is 23.4 Å². The van der Waals surface area contributed by atoms with Crippen molar-refractivity contribution in [2.45, 2.75) is 27.3 Å². The minimum absolute atomic E-state index is 0.0696. The molecule has 9 nitrogen and oxygen atoms in total. The van der Waals surface area contributed by atoms with Crippen molar-refractivity contribution >= 4 is 56.4 Å². The maximum Gasteiger partial charge on any atom is 0.348 e. The lowest BCUT2D eigenvalue weighted by Gasteiger charge is -2.07. The van der Waals surface area contributed by atoms with Gasteiger partial charge >= 0.3 is 5.97 Å². The molecule has 1 amide bonds. The topological polar surface area (TPSA) is 116 Å². The summed E-state index contributed by atoms with van der Waals surface area (Å²) in [5, 5.41) is 19.0. The van der Waals surface area contributed by atoms with E-state index in [0.29, 0.717) is 10.8 Å². The van der Waals surface area contributed by atoms with E-state index in [9.17, 15) is 19.7 Å². The van der Waals surface area contributed by atoms with E-state index in [0.717, 1.165) is 22.5 Å². The minimum atomic E-state index is -0.711. The number of aromatic nitrogens is 2. The van der Waals surface area contributed by atoms with Crippen molar-refractivity contribution in [1.29, 1.82) is 0 Å². The van der Waals surface area contributed by atoms with Gasteiger partial charge in [-0.2, -0.15) is 5.10 Å². The van der Waals surface area contributed by atoms with Crippen molar-refractivity contribution in [2.75, 3.05) is 11.9 Å². The molecule has 3 aromatic rings. The number of anilines is 1. The number of hydrogen-bond donors (Lipinski definition) is 1. The van der Waals surface area contributed by atoms with Crippen molar-refractivity contribution in [1.82, 2.24) is 9.78 Å². The lowest BCUT2D eigenvalue weighted by molar-refractivity contribution is -0.383. The van der Waals surface area contributed by atoms with Gasteiger partial charge in [0.05, 0.1) is 10.6 Å². The molecular weight excluding hydrogens is 432 g/mol. The zero-order valence-corrected chi connectivity index (χ0v) is 18.0. The molecule has 158 valence electrons. The number of carbonyl (C=O) groups excluding carboxylic acids is 2. The molecule has 0 aliphatic carbocycles. The number of hydrogen-bond acceptors (Lipinski definition) is 7. The van der Waals surface area contributed by atoms with Gasteiger partial charge < -0.3 is 10.1 Å². The van der Waals surface area contributed by atoms with Gasteiger partial charge in [-0.05, 0) is 31.0 Å². The Kier molecular flexibility index (Phi) is 6.37. The Labute approximate surface area is 180 Å². The number of amides is 1. The summed E-state index contributed by atoms with van der Waals surface area (Å²) in [6.07, 6.45) is 0. The molecule has 2 heterocycles. The molecule has 2 aromatic heterocycles. The van der Waals surface area contributed by atoms with Gasteiger partial charge in [-0.25, -0.2) is 4.79 Å². The quantitative estimate of drug-likeness (QED) is 0.323.